The number of thiazole rings is 1. The molecule has 0 unspecified atom stereocenters. The van der Waals surface area contributed by atoms with Crippen LogP contribution >= 0.6 is 34.7 Å². The Balaban J connectivity index is 1.52. The number of hydrazone groups is 1. The van der Waals surface area contributed by atoms with Crippen molar-refractivity contribution in [1.29, 1.82) is 0 Å². The fourth-order valence-corrected chi connectivity index (χ4v) is 4.74. The third-order valence-corrected chi connectivity index (χ3v) is 6.71. The average molecular weight is 454 g/mol. The van der Waals surface area contributed by atoms with Crippen molar-refractivity contribution in [2.75, 3.05) is 0 Å². The summed E-state index contributed by atoms with van der Waals surface area (Å²) in [6.07, 6.45) is 3.44. The molecule has 4 rings (SSSR count). The molecule has 0 atom stereocenters. The number of benzene rings is 3. The Morgan fingerprint density at radius 2 is 2.03 bits per heavy atom. The molecule has 0 fully saturated rings. The van der Waals surface area contributed by atoms with E-state index in [2.05, 4.69) is 27.6 Å². The second kappa shape index (κ2) is 9.30. The highest BCUT2D eigenvalue weighted by Crippen LogP contribution is 2.29. The number of fused-ring (bicyclic) bond motifs is 1. The van der Waals surface area contributed by atoms with E-state index in [4.69, 9.17) is 11.6 Å². The zero-order valence-corrected chi connectivity index (χ0v) is 18.0. The Hall–Kier alpha value is -2.87. The van der Waals surface area contributed by atoms with Crippen molar-refractivity contribution in [1.82, 2.24) is 10.4 Å². The highest BCUT2D eigenvalue weighted by Gasteiger charge is 2.09. The van der Waals surface area contributed by atoms with Crippen molar-refractivity contribution in [3.05, 3.63) is 87.9 Å². The number of aromatic nitrogens is 1. The Bertz CT molecular complexity index is 1230. The quantitative estimate of drug-likeness (QED) is 0.223. The van der Waals surface area contributed by atoms with Gasteiger partial charge >= 0.3 is 0 Å². The number of hydrogen-bond acceptors (Lipinski definition) is 6. The summed E-state index contributed by atoms with van der Waals surface area (Å²) in [5.41, 5.74) is 4.92. The summed E-state index contributed by atoms with van der Waals surface area (Å²) in [5, 5.41) is 17.8. The molecular formula is C22H16ClN3O2S2. The fraction of sp³-hybridized carbons (Fsp3) is 0.0455. The van der Waals surface area contributed by atoms with Gasteiger partial charge in [0.1, 0.15) is 10.1 Å². The molecule has 1 heterocycles. The van der Waals surface area contributed by atoms with Crippen LogP contribution in [0.2, 0.25) is 5.02 Å². The van der Waals surface area contributed by atoms with Gasteiger partial charge in [0.05, 0.1) is 11.2 Å². The summed E-state index contributed by atoms with van der Waals surface area (Å²) >= 11 is 9.20. The maximum atomic E-state index is 12.2. The highest BCUT2D eigenvalue weighted by atomic mass is 35.5. The van der Waals surface area contributed by atoms with Crippen molar-refractivity contribution in [2.45, 2.75) is 10.1 Å². The normalized spacial score (nSPS) is 11.2. The minimum Gasteiger partial charge on any atom is -0.506 e. The average Bonchev–Trinajstić information content (AvgIpc) is 3.28. The Kier molecular flexibility index (Phi) is 6.32. The number of thioether (sulfide) groups is 1. The first-order valence-corrected chi connectivity index (χ1v) is 11.2. The van der Waals surface area contributed by atoms with E-state index in [1.807, 2.05) is 35.8 Å². The molecule has 0 saturated heterocycles. The maximum Gasteiger partial charge on any atom is 0.271 e. The third-order valence-electron chi connectivity index (χ3n) is 4.39. The van der Waals surface area contributed by atoms with Gasteiger partial charge in [-0.3, -0.25) is 4.79 Å². The van der Waals surface area contributed by atoms with E-state index in [-0.39, 0.29) is 10.8 Å². The van der Waals surface area contributed by atoms with Crippen LogP contribution in [0.5, 0.6) is 5.75 Å². The topological polar surface area (TPSA) is 74.6 Å². The number of rotatable bonds is 6. The van der Waals surface area contributed by atoms with Crippen molar-refractivity contribution < 1.29 is 9.90 Å². The van der Waals surface area contributed by atoms with Gasteiger partial charge in [-0.2, -0.15) is 5.10 Å². The Morgan fingerprint density at radius 3 is 2.80 bits per heavy atom. The highest BCUT2D eigenvalue weighted by molar-refractivity contribution is 8.00. The molecule has 1 amide bonds. The van der Waals surface area contributed by atoms with Gasteiger partial charge in [0.2, 0.25) is 0 Å². The summed E-state index contributed by atoms with van der Waals surface area (Å²) in [6, 6.07) is 16.4. The molecule has 4 aromatic rings. The second-order valence-corrected chi connectivity index (χ2v) is 8.84. The van der Waals surface area contributed by atoms with Crippen LogP contribution in [0.4, 0.5) is 0 Å². The van der Waals surface area contributed by atoms with Crippen molar-refractivity contribution >= 4 is 57.6 Å². The SMILES string of the molecule is O=C(NN=Cc1ccc(CSc2nccs2)c2ccccc12)c1ccc(O)c(Cl)c1. The molecular weight excluding hydrogens is 438 g/mol. The first kappa shape index (κ1) is 20.4. The number of amides is 1. The van der Waals surface area contributed by atoms with E-state index in [1.165, 1.54) is 23.8 Å². The van der Waals surface area contributed by atoms with E-state index < -0.39 is 5.91 Å². The number of hydrogen-bond donors (Lipinski definition) is 2. The number of phenols is 1. The Labute approximate surface area is 186 Å². The summed E-state index contributed by atoms with van der Waals surface area (Å²) in [7, 11) is 0. The molecule has 1 aromatic heterocycles. The van der Waals surface area contributed by atoms with E-state index in [1.54, 1.807) is 29.3 Å². The van der Waals surface area contributed by atoms with Crippen LogP contribution in [0.25, 0.3) is 10.8 Å². The number of nitrogens with one attached hydrogen (secondary N) is 1. The summed E-state index contributed by atoms with van der Waals surface area (Å²) in [4.78, 5) is 16.6. The minimum absolute atomic E-state index is 0.0729. The molecule has 0 aliphatic carbocycles. The lowest BCUT2D eigenvalue weighted by molar-refractivity contribution is 0.0955. The van der Waals surface area contributed by atoms with Crippen molar-refractivity contribution in [2.24, 2.45) is 5.10 Å². The molecule has 0 saturated carbocycles. The lowest BCUT2D eigenvalue weighted by Gasteiger charge is -2.08. The van der Waals surface area contributed by atoms with Gasteiger partial charge in [0.15, 0.2) is 0 Å². The van der Waals surface area contributed by atoms with Gasteiger partial charge in [-0.25, -0.2) is 10.4 Å². The lowest BCUT2D eigenvalue weighted by atomic mass is 10.0. The summed E-state index contributed by atoms with van der Waals surface area (Å²) < 4.78 is 1.04. The van der Waals surface area contributed by atoms with Gasteiger partial charge in [0.25, 0.3) is 5.91 Å². The molecule has 8 heteroatoms. The van der Waals surface area contributed by atoms with Crippen molar-refractivity contribution in [3.8, 4) is 5.75 Å². The van der Waals surface area contributed by atoms with Crippen LogP contribution in [0.3, 0.4) is 0 Å². The van der Waals surface area contributed by atoms with Crippen LogP contribution in [0.1, 0.15) is 21.5 Å². The lowest BCUT2D eigenvalue weighted by Crippen LogP contribution is -2.17. The molecule has 3 aromatic carbocycles. The number of carbonyl (C=O) groups is 1. The largest absolute Gasteiger partial charge is 0.506 e. The zero-order chi connectivity index (χ0) is 20.9. The standard InChI is InChI=1S/C22H16ClN3O2S2/c23-19-11-14(7-8-20(19)27)21(28)26-25-12-15-5-6-16(13-30-22-24-9-10-29-22)18-4-2-1-3-17(15)18/h1-12,27H,13H2,(H,26,28). The van der Waals surface area contributed by atoms with Gasteiger partial charge in [-0.15, -0.1) is 11.3 Å². The molecule has 0 radical (unpaired) electrons. The van der Waals surface area contributed by atoms with Gasteiger partial charge in [0, 0.05) is 28.5 Å². The number of phenolic OH excluding ortho intramolecular Hbond substituents is 1. The Morgan fingerprint density at radius 1 is 1.20 bits per heavy atom. The number of nitrogens with zero attached hydrogens (tertiary/aromatic N) is 2. The monoisotopic (exact) mass is 453 g/mol. The van der Waals surface area contributed by atoms with Crippen LogP contribution in [-0.2, 0) is 5.75 Å². The van der Waals surface area contributed by atoms with Crippen molar-refractivity contribution in [3.63, 3.8) is 0 Å². The molecule has 5 nitrogen and oxygen atoms in total. The number of aromatic hydroxyl groups is 1. The van der Waals surface area contributed by atoms with Gasteiger partial charge in [-0.05, 0) is 34.5 Å². The molecule has 0 bridgehead atoms. The minimum atomic E-state index is -0.408. The summed E-state index contributed by atoms with van der Waals surface area (Å²) in [5.74, 6) is 0.342. The van der Waals surface area contributed by atoms with E-state index >= 15 is 0 Å². The molecule has 0 aliphatic heterocycles. The predicted octanol–water partition coefficient (Wildman–Crippen LogP) is 5.71. The van der Waals surface area contributed by atoms with Gasteiger partial charge < -0.3 is 5.11 Å². The van der Waals surface area contributed by atoms with Crippen LogP contribution in [0, 0.1) is 0 Å². The third kappa shape index (κ3) is 4.64. The van der Waals surface area contributed by atoms with Gasteiger partial charge in [-0.1, -0.05) is 59.8 Å². The van der Waals surface area contributed by atoms with Crippen LogP contribution in [-0.4, -0.2) is 22.2 Å². The first-order chi connectivity index (χ1) is 14.6. The maximum absolute atomic E-state index is 12.2. The van der Waals surface area contributed by atoms with E-state index in [9.17, 15) is 9.90 Å². The first-order valence-electron chi connectivity index (χ1n) is 8.96. The molecule has 2 N–H and O–H groups in total. The summed E-state index contributed by atoms with van der Waals surface area (Å²) in [6.45, 7) is 0. The zero-order valence-electron chi connectivity index (χ0n) is 15.6. The number of halogens is 1. The fourth-order valence-electron chi connectivity index (χ4n) is 2.92. The molecule has 0 aliphatic rings. The van der Waals surface area contributed by atoms with E-state index in [0.717, 1.165) is 26.4 Å². The van der Waals surface area contributed by atoms with Crippen LogP contribution < -0.4 is 5.43 Å². The molecule has 150 valence electrons. The van der Waals surface area contributed by atoms with E-state index in [0.29, 0.717) is 5.56 Å². The molecule has 0 spiro atoms. The second-order valence-electron chi connectivity index (χ2n) is 6.31. The van der Waals surface area contributed by atoms with Crippen LogP contribution in [0.15, 0.2) is 75.6 Å². The molecule has 30 heavy (non-hydrogen) atoms. The smallest absolute Gasteiger partial charge is 0.271 e. The number of carbonyl (C=O) groups excluding carboxylic acids is 1. The predicted molar refractivity (Wildman–Crippen MR) is 124 cm³/mol.